The van der Waals surface area contributed by atoms with Crippen molar-refractivity contribution in [3.8, 4) is 0 Å². The molecule has 0 unspecified atom stereocenters. The molecule has 180 valence electrons. The van der Waals surface area contributed by atoms with Crippen LogP contribution >= 0.6 is 0 Å². The monoisotopic (exact) mass is 474 g/mol. The zero-order valence-electron chi connectivity index (χ0n) is 23.7. The Morgan fingerprint density at radius 1 is 0.267 bits per heavy atom. The molecule has 0 aliphatic carbocycles. The normalized spacial score (nSPS) is 23.4. The molecule has 0 atom stereocenters. The topological polar surface area (TPSA) is 27.7 Å². The Labute approximate surface area is 192 Å². The third kappa shape index (κ3) is 4.11. The second kappa shape index (κ2) is 7.26. The standard InChI is InChI=1S/C24H54O3Si3/c1-19(2,3)28(20(4,5)6)25-29(21(7,8)9,22(10,11)12)27-30(26-28,23(13,14)15)24(16,17)18/h1-18H3. The first-order valence-corrected chi connectivity index (χ1v) is 17.2. The zero-order valence-corrected chi connectivity index (χ0v) is 26.7. The fourth-order valence-electron chi connectivity index (χ4n) is 5.88. The van der Waals surface area contributed by atoms with Crippen molar-refractivity contribution in [2.45, 2.75) is 155 Å². The van der Waals surface area contributed by atoms with Crippen LogP contribution < -0.4 is 0 Å². The molecule has 0 N–H and O–H groups in total. The molecule has 0 aromatic carbocycles. The van der Waals surface area contributed by atoms with Gasteiger partial charge in [0.05, 0.1) is 0 Å². The Kier molecular flexibility index (Phi) is 6.91. The molecule has 0 amide bonds. The first-order chi connectivity index (χ1) is 12.6. The van der Waals surface area contributed by atoms with Crippen LogP contribution in [0.15, 0.2) is 0 Å². The van der Waals surface area contributed by atoms with E-state index < -0.39 is 25.7 Å². The summed E-state index contributed by atoms with van der Waals surface area (Å²) < 4.78 is 22.9. The van der Waals surface area contributed by atoms with Gasteiger partial charge < -0.3 is 12.3 Å². The van der Waals surface area contributed by atoms with Crippen LogP contribution in [-0.4, -0.2) is 25.7 Å². The van der Waals surface area contributed by atoms with E-state index in [1.807, 2.05) is 0 Å². The molecule has 3 nitrogen and oxygen atoms in total. The molecule has 1 saturated heterocycles. The van der Waals surface area contributed by atoms with Gasteiger partial charge in [0.25, 0.3) is 0 Å². The van der Waals surface area contributed by atoms with E-state index in [2.05, 4.69) is 125 Å². The maximum Gasteiger partial charge on any atom is 0.331 e. The maximum absolute atomic E-state index is 7.63. The van der Waals surface area contributed by atoms with Gasteiger partial charge in [-0.2, -0.15) is 0 Å². The smallest absolute Gasteiger partial charge is 0.331 e. The number of hydrogen-bond donors (Lipinski definition) is 0. The molecule has 0 aromatic rings. The van der Waals surface area contributed by atoms with E-state index in [0.717, 1.165) is 0 Å². The Morgan fingerprint density at radius 3 is 0.433 bits per heavy atom. The Bertz CT molecular complexity index is 485. The van der Waals surface area contributed by atoms with Crippen LogP contribution in [-0.2, 0) is 12.3 Å². The van der Waals surface area contributed by atoms with Crippen molar-refractivity contribution in [2.75, 3.05) is 0 Å². The van der Waals surface area contributed by atoms with Gasteiger partial charge >= 0.3 is 25.7 Å². The highest BCUT2D eigenvalue weighted by atomic mass is 28.5. The minimum absolute atomic E-state index is 0.0848. The van der Waals surface area contributed by atoms with Gasteiger partial charge in [-0.1, -0.05) is 125 Å². The van der Waals surface area contributed by atoms with Crippen LogP contribution in [0.25, 0.3) is 0 Å². The first kappa shape index (κ1) is 28.6. The van der Waals surface area contributed by atoms with E-state index in [1.54, 1.807) is 0 Å². The summed E-state index contributed by atoms with van der Waals surface area (Å²) in [7, 11) is -8.39. The van der Waals surface area contributed by atoms with Crippen molar-refractivity contribution in [3.05, 3.63) is 0 Å². The fraction of sp³-hybridized carbons (Fsp3) is 1.00. The van der Waals surface area contributed by atoms with Crippen LogP contribution in [0.4, 0.5) is 0 Å². The van der Waals surface area contributed by atoms with E-state index in [4.69, 9.17) is 12.3 Å². The summed E-state index contributed by atoms with van der Waals surface area (Å²) in [5.74, 6) is 0. The molecule has 1 rings (SSSR count). The van der Waals surface area contributed by atoms with Crippen molar-refractivity contribution < 1.29 is 12.3 Å². The average Bonchev–Trinajstić information content (AvgIpc) is 2.39. The lowest BCUT2D eigenvalue weighted by Gasteiger charge is -2.70. The molecule has 0 aromatic heterocycles. The molecule has 0 bridgehead atoms. The summed E-state index contributed by atoms with van der Waals surface area (Å²) in [5.41, 5.74) is 0. The van der Waals surface area contributed by atoms with Crippen molar-refractivity contribution in [3.63, 3.8) is 0 Å². The highest BCUT2D eigenvalue weighted by Gasteiger charge is 2.78. The highest BCUT2D eigenvalue weighted by Crippen LogP contribution is 2.69. The molecule has 0 spiro atoms. The molecular formula is C24H54O3Si3. The summed E-state index contributed by atoms with van der Waals surface area (Å²) in [6, 6.07) is 0. The van der Waals surface area contributed by atoms with Crippen LogP contribution in [0.3, 0.4) is 0 Å². The number of rotatable bonds is 0. The molecule has 6 heteroatoms. The lowest BCUT2D eigenvalue weighted by molar-refractivity contribution is 0.117. The highest BCUT2D eigenvalue weighted by molar-refractivity contribution is 6.99. The summed E-state index contributed by atoms with van der Waals surface area (Å²) >= 11 is 0. The minimum atomic E-state index is -2.80. The van der Waals surface area contributed by atoms with Crippen LogP contribution in [0.1, 0.15) is 125 Å². The SMILES string of the molecule is CC(C)(C)[Si]1(C(C)(C)C)O[Si](C(C)(C)C)(C(C)(C)C)O[Si](C(C)(C)C)(C(C)(C)C)O1. The largest absolute Gasteiger partial charge is 0.414 e. The second-order valence-electron chi connectivity index (χ2n) is 15.7. The van der Waals surface area contributed by atoms with Gasteiger partial charge in [-0.05, 0) is 0 Å². The van der Waals surface area contributed by atoms with Gasteiger partial charge in [-0.15, -0.1) is 0 Å². The molecule has 0 radical (unpaired) electrons. The summed E-state index contributed by atoms with van der Waals surface area (Å²) in [6.45, 7) is 42.1. The maximum atomic E-state index is 7.63. The lowest BCUT2D eigenvalue weighted by atomic mass is 10.2. The van der Waals surface area contributed by atoms with Crippen molar-refractivity contribution in [2.24, 2.45) is 0 Å². The van der Waals surface area contributed by atoms with Gasteiger partial charge in [0.2, 0.25) is 0 Å². The number of hydrogen-bond acceptors (Lipinski definition) is 3. The molecule has 1 heterocycles. The molecule has 1 aliphatic heterocycles. The van der Waals surface area contributed by atoms with Gasteiger partial charge in [0.1, 0.15) is 0 Å². The third-order valence-electron chi connectivity index (χ3n) is 6.79. The van der Waals surface area contributed by atoms with E-state index in [1.165, 1.54) is 0 Å². The van der Waals surface area contributed by atoms with E-state index in [-0.39, 0.29) is 30.2 Å². The Balaban J connectivity index is 4.28. The quantitative estimate of drug-likeness (QED) is 0.327. The zero-order chi connectivity index (χ0) is 24.6. The summed E-state index contributed by atoms with van der Waals surface area (Å²) in [6.07, 6.45) is 0. The first-order valence-electron chi connectivity index (χ1n) is 11.7. The molecule has 1 fully saturated rings. The predicted molar refractivity (Wildman–Crippen MR) is 139 cm³/mol. The van der Waals surface area contributed by atoms with Gasteiger partial charge in [-0.25, -0.2) is 0 Å². The minimum Gasteiger partial charge on any atom is -0.414 e. The van der Waals surface area contributed by atoms with Crippen molar-refractivity contribution in [1.82, 2.24) is 0 Å². The van der Waals surface area contributed by atoms with Crippen molar-refractivity contribution >= 4 is 25.7 Å². The summed E-state index contributed by atoms with van der Waals surface area (Å²) in [5, 5.41) is -0.509. The van der Waals surface area contributed by atoms with E-state index >= 15 is 0 Å². The second-order valence-corrected chi connectivity index (χ2v) is 30.8. The summed E-state index contributed by atoms with van der Waals surface area (Å²) in [4.78, 5) is 0. The third-order valence-corrected chi connectivity index (χ3v) is 25.5. The lowest BCUT2D eigenvalue weighted by Crippen LogP contribution is -2.82. The predicted octanol–water partition coefficient (Wildman–Crippen LogP) is 9.18. The van der Waals surface area contributed by atoms with E-state index in [0.29, 0.717) is 0 Å². The molecule has 0 saturated carbocycles. The van der Waals surface area contributed by atoms with Gasteiger partial charge in [-0.3, -0.25) is 0 Å². The molecule has 30 heavy (non-hydrogen) atoms. The fourth-order valence-corrected chi connectivity index (χ4v) is 33.8. The van der Waals surface area contributed by atoms with Gasteiger partial charge in [0.15, 0.2) is 0 Å². The van der Waals surface area contributed by atoms with Crippen LogP contribution in [0.2, 0.25) is 30.2 Å². The Hall–Kier alpha value is 0.531. The Morgan fingerprint density at radius 2 is 0.367 bits per heavy atom. The van der Waals surface area contributed by atoms with Crippen LogP contribution in [0.5, 0.6) is 0 Å². The van der Waals surface area contributed by atoms with E-state index in [9.17, 15) is 0 Å². The molecule has 1 aliphatic rings. The van der Waals surface area contributed by atoms with Crippen LogP contribution in [0, 0.1) is 0 Å². The van der Waals surface area contributed by atoms with Gasteiger partial charge in [0, 0.05) is 30.2 Å². The average molecular weight is 475 g/mol. The molecular weight excluding hydrogens is 421 g/mol. The van der Waals surface area contributed by atoms with Crippen molar-refractivity contribution in [1.29, 1.82) is 0 Å².